The third-order valence-corrected chi connectivity index (χ3v) is 8.85. The SMILES string of the molecule is C=CCN(Cn1nnc2ccccc21)C(=O)C1N([C@@H](CC)CO)C(=O)[C@@H]2[C@H](C(=O)OCC)[C@]3(CC)CCC12O3. The van der Waals surface area contributed by atoms with Crippen molar-refractivity contribution < 1.29 is 29.0 Å². The molecule has 39 heavy (non-hydrogen) atoms. The molecule has 0 saturated carbocycles. The lowest BCUT2D eigenvalue weighted by molar-refractivity contribution is -0.163. The number of aliphatic hydroxyl groups is 1. The van der Waals surface area contributed by atoms with Crippen molar-refractivity contribution in [1.82, 2.24) is 24.8 Å². The number of carbonyl (C=O) groups excluding carboxylic acids is 3. The van der Waals surface area contributed by atoms with Gasteiger partial charge in [-0.05, 0) is 44.7 Å². The summed E-state index contributed by atoms with van der Waals surface area (Å²) >= 11 is 0. The van der Waals surface area contributed by atoms with Gasteiger partial charge in [-0.1, -0.05) is 37.3 Å². The van der Waals surface area contributed by atoms with Crippen LogP contribution in [0.3, 0.4) is 0 Å². The number of likely N-dealkylation sites (tertiary alicyclic amines) is 1. The van der Waals surface area contributed by atoms with Gasteiger partial charge in [-0.2, -0.15) is 0 Å². The standard InChI is InChI=1S/C28H37N5O6/c1-5-15-31(17-32-20-12-10-9-11-19(20)29-30-32)25(36)23-28-14-13-27(7-3,39-28)22(26(37)38-8-4)21(28)24(35)33(23)18(6-2)16-34/h5,9-12,18,21-23,34H,1,6-8,13-17H2,2-4H3/t18-,21-,22+,23?,27-,28?/m0/s1. The summed E-state index contributed by atoms with van der Waals surface area (Å²) in [6.45, 7) is 9.52. The molecular formula is C28H37N5O6. The molecule has 4 heterocycles. The second-order valence-electron chi connectivity index (χ2n) is 10.6. The van der Waals surface area contributed by atoms with Gasteiger partial charge in [0, 0.05) is 6.54 Å². The van der Waals surface area contributed by atoms with Gasteiger partial charge in [-0.3, -0.25) is 14.4 Å². The largest absolute Gasteiger partial charge is 0.466 e. The van der Waals surface area contributed by atoms with E-state index in [1.54, 1.807) is 22.6 Å². The van der Waals surface area contributed by atoms with E-state index < -0.39 is 41.1 Å². The lowest BCUT2D eigenvalue weighted by Gasteiger charge is -2.39. The first-order valence-corrected chi connectivity index (χ1v) is 13.8. The van der Waals surface area contributed by atoms with Crippen LogP contribution in [0.25, 0.3) is 11.0 Å². The highest BCUT2D eigenvalue weighted by molar-refractivity contribution is 5.98. The Morgan fingerprint density at radius 2 is 2.08 bits per heavy atom. The number of para-hydroxylation sites is 1. The van der Waals surface area contributed by atoms with Crippen molar-refractivity contribution in [2.24, 2.45) is 11.8 Å². The summed E-state index contributed by atoms with van der Waals surface area (Å²) in [6, 6.07) is 5.84. The van der Waals surface area contributed by atoms with Crippen LogP contribution in [-0.2, 0) is 30.5 Å². The summed E-state index contributed by atoms with van der Waals surface area (Å²) in [7, 11) is 0. The highest BCUT2D eigenvalue weighted by Gasteiger charge is 2.79. The minimum atomic E-state index is -1.20. The van der Waals surface area contributed by atoms with Crippen LogP contribution in [0.2, 0.25) is 0 Å². The Labute approximate surface area is 227 Å². The summed E-state index contributed by atoms with van der Waals surface area (Å²) in [5.74, 6) is -2.83. The van der Waals surface area contributed by atoms with Gasteiger partial charge in [0.15, 0.2) is 0 Å². The van der Waals surface area contributed by atoms with Gasteiger partial charge in [0.1, 0.15) is 29.7 Å². The van der Waals surface area contributed by atoms with E-state index in [4.69, 9.17) is 9.47 Å². The molecule has 3 saturated heterocycles. The van der Waals surface area contributed by atoms with Gasteiger partial charge in [0.25, 0.3) is 0 Å². The van der Waals surface area contributed by atoms with Crippen molar-refractivity contribution in [2.75, 3.05) is 19.8 Å². The molecule has 2 amide bonds. The van der Waals surface area contributed by atoms with E-state index in [2.05, 4.69) is 16.9 Å². The zero-order valence-electron chi connectivity index (χ0n) is 22.8. The Kier molecular flexibility index (Phi) is 7.23. The van der Waals surface area contributed by atoms with Crippen LogP contribution in [0.1, 0.15) is 46.5 Å². The van der Waals surface area contributed by atoms with Crippen LogP contribution in [0.4, 0.5) is 0 Å². The molecule has 1 spiro atoms. The van der Waals surface area contributed by atoms with Gasteiger partial charge in [-0.15, -0.1) is 11.7 Å². The fourth-order valence-corrected chi connectivity index (χ4v) is 7.06. The number of hydrogen-bond donors (Lipinski definition) is 1. The molecule has 1 aromatic heterocycles. The van der Waals surface area contributed by atoms with Crippen molar-refractivity contribution in [3.63, 3.8) is 0 Å². The van der Waals surface area contributed by atoms with Crippen LogP contribution in [-0.4, -0.2) is 90.7 Å². The Balaban J connectivity index is 1.59. The zero-order valence-corrected chi connectivity index (χ0v) is 22.8. The molecule has 0 aliphatic carbocycles. The third kappa shape index (κ3) is 3.97. The zero-order chi connectivity index (χ0) is 27.9. The number of hydrogen-bond acceptors (Lipinski definition) is 8. The average Bonchev–Trinajstić information content (AvgIpc) is 3.67. The Morgan fingerprint density at radius 3 is 2.74 bits per heavy atom. The molecule has 210 valence electrons. The van der Waals surface area contributed by atoms with Gasteiger partial charge in [0.05, 0.1) is 36.3 Å². The molecular weight excluding hydrogens is 502 g/mol. The predicted octanol–water partition coefficient (Wildman–Crippen LogP) is 1.89. The second-order valence-corrected chi connectivity index (χ2v) is 10.6. The van der Waals surface area contributed by atoms with Gasteiger partial charge >= 0.3 is 5.97 Å². The van der Waals surface area contributed by atoms with Crippen molar-refractivity contribution in [2.45, 2.75) is 76.4 Å². The van der Waals surface area contributed by atoms with Crippen molar-refractivity contribution in [3.8, 4) is 0 Å². The number of nitrogens with zero attached hydrogens (tertiary/aromatic N) is 5. The van der Waals surface area contributed by atoms with Crippen LogP contribution in [0.15, 0.2) is 36.9 Å². The molecule has 3 aliphatic heterocycles. The van der Waals surface area contributed by atoms with E-state index in [9.17, 15) is 19.5 Å². The topological polar surface area (TPSA) is 127 Å². The maximum atomic E-state index is 14.6. The fourth-order valence-electron chi connectivity index (χ4n) is 7.06. The molecule has 5 rings (SSSR count). The Bertz CT molecular complexity index is 1280. The maximum Gasteiger partial charge on any atom is 0.312 e. The molecule has 6 atom stereocenters. The van der Waals surface area contributed by atoms with Crippen molar-refractivity contribution in [1.29, 1.82) is 0 Å². The van der Waals surface area contributed by atoms with Gasteiger partial charge in [-0.25, -0.2) is 4.68 Å². The van der Waals surface area contributed by atoms with Crippen LogP contribution >= 0.6 is 0 Å². The van der Waals surface area contributed by atoms with Crippen molar-refractivity contribution >= 4 is 28.8 Å². The van der Waals surface area contributed by atoms with E-state index in [1.165, 1.54) is 4.90 Å². The lowest BCUT2D eigenvalue weighted by atomic mass is 9.65. The van der Waals surface area contributed by atoms with Gasteiger partial charge < -0.3 is 24.4 Å². The Morgan fingerprint density at radius 1 is 1.31 bits per heavy atom. The fraction of sp³-hybridized carbons (Fsp3) is 0.607. The molecule has 2 bridgehead atoms. The summed E-state index contributed by atoms with van der Waals surface area (Å²) < 4.78 is 13.8. The van der Waals surface area contributed by atoms with Crippen LogP contribution in [0.5, 0.6) is 0 Å². The van der Waals surface area contributed by atoms with Gasteiger partial charge in [0.2, 0.25) is 11.8 Å². The number of amides is 2. The minimum Gasteiger partial charge on any atom is -0.466 e. The smallest absolute Gasteiger partial charge is 0.312 e. The number of benzene rings is 1. The first kappa shape index (κ1) is 27.3. The monoisotopic (exact) mass is 539 g/mol. The highest BCUT2D eigenvalue weighted by atomic mass is 16.6. The Hall–Kier alpha value is -3.31. The molecule has 11 heteroatoms. The van der Waals surface area contributed by atoms with Crippen LogP contribution < -0.4 is 0 Å². The molecule has 2 aromatic rings. The lowest BCUT2D eigenvalue weighted by Crippen LogP contribution is -2.59. The summed E-state index contributed by atoms with van der Waals surface area (Å²) in [4.78, 5) is 45.1. The summed E-state index contributed by atoms with van der Waals surface area (Å²) in [5, 5.41) is 18.7. The van der Waals surface area contributed by atoms with E-state index >= 15 is 0 Å². The third-order valence-electron chi connectivity index (χ3n) is 8.85. The summed E-state index contributed by atoms with van der Waals surface area (Å²) in [6.07, 6.45) is 3.57. The van der Waals surface area contributed by atoms with E-state index in [-0.39, 0.29) is 38.2 Å². The van der Waals surface area contributed by atoms with E-state index in [0.717, 1.165) is 5.52 Å². The minimum absolute atomic E-state index is 0.0841. The number of rotatable bonds is 11. The number of ether oxygens (including phenoxy) is 2. The highest BCUT2D eigenvalue weighted by Crippen LogP contribution is 2.64. The van der Waals surface area contributed by atoms with Crippen molar-refractivity contribution in [3.05, 3.63) is 36.9 Å². The quantitative estimate of drug-likeness (QED) is 0.339. The first-order chi connectivity index (χ1) is 18.8. The van der Waals surface area contributed by atoms with E-state index in [1.807, 2.05) is 38.1 Å². The van der Waals surface area contributed by atoms with E-state index in [0.29, 0.717) is 31.2 Å². The molecule has 1 N–H and O–H groups in total. The number of aromatic nitrogens is 3. The predicted molar refractivity (Wildman–Crippen MR) is 141 cm³/mol. The molecule has 3 fully saturated rings. The molecule has 3 aliphatic rings. The number of carbonyl (C=O) groups is 3. The molecule has 0 radical (unpaired) electrons. The number of aliphatic hydroxyl groups excluding tert-OH is 1. The molecule has 1 aromatic carbocycles. The number of fused-ring (bicyclic) bond motifs is 2. The average molecular weight is 540 g/mol. The maximum absolute atomic E-state index is 14.6. The van der Waals surface area contributed by atoms with Crippen LogP contribution in [0, 0.1) is 11.8 Å². The molecule has 11 nitrogen and oxygen atoms in total. The molecule has 2 unspecified atom stereocenters. The normalized spacial score (nSPS) is 30.0. The second kappa shape index (κ2) is 10.3. The number of esters is 1. The summed E-state index contributed by atoms with van der Waals surface area (Å²) in [5.41, 5.74) is -0.606. The first-order valence-electron chi connectivity index (χ1n) is 13.8.